The van der Waals surface area contributed by atoms with Gasteiger partial charge in [-0.3, -0.25) is 24.4 Å². The molecule has 2 aromatic heterocycles. The maximum atomic E-state index is 12.8. The number of piperidine rings is 1. The Balaban J connectivity index is 1.42. The summed E-state index contributed by atoms with van der Waals surface area (Å²) in [4.78, 5) is 49.3. The predicted molar refractivity (Wildman–Crippen MR) is 107 cm³/mol. The van der Waals surface area contributed by atoms with Crippen LogP contribution < -0.4 is 5.32 Å². The lowest BCUT2D eigenvalue weighted by Gasteiger charge is -2.29. The lowest BCUT2D eigenvalue weighted by molar-refractivity contribution is -0.136. The van der Waals surface area contributed by atoms with Crippen molar-refractivity contribution in [2.45, 2.75) is 25.4 Å². The maximum Gasteiger partial charge on any atom is 0.357 e. The van der Waals surface area contributed by atoms with Crippen molar-refractivity contribution in [2.75, 3.05) is 0 Å². The van der Waals surface area contributed by atoms with Crippen LogP contribution in [0.3, 0.4) is 0 Å². The number of aromatic nitrogens is 5. The van der Waals surface area contributed by atoms with E-state index in [4.69, 9.17) is 0 Å². The van der Waals surface area contributed by atoms with Gasteiger partial charge in [0.2, 0.25) is 11.8 Å². The molecular weight excluding hydrogens is 418 g/mol. The fourth-order valence-corrected chi connectivity index (χ4v) is 4.05. The molecule has 4 heterocycles. The van der Waals surface area contributed by atoms with Crippen molar-refractivity contribution in [3.63, 3.8) is 0 Å². The number of amides is 3. The number of carbonyl (C=O) groups is 4. The summed E-state index contributed by atoms with van der Waals surface area (Å²) in [5.74, 6) is -2.23. The van der Waals surface area contributed by atoms with Gasteiger partial charge in [-0.05, 0) is 30.2 Å². The van der Waals surface area contributed by atoms with Gasteiger partial charge in [-0.2, -0.15) is 5.10 Å². The highest BCUT2D eigenvalue weighted by molar-refractivity contribution is 6.05. The van der Waals surface area contributed by atoms with Gasteiger partial charge in [-0.1, -0.05) is 5.21 Å². The average molecular weight is 435 g/mol. The van der Waals surface area contributed by atoms with E-state index in [9.17, 15) is 24.3 Å². The first-order valence-electron chi connectivity index (χ1n) is 9.79. The van der Waals surface area contributed by atoms with Crippen LogP contribution in [0.4, 0.5) is 0 Å². The lowest BCUT2D eigenvalue weighted by Crippen LogP contribution is -2.52. The quantitative estimate of drug-likeness (QED) is 0.549. The third-order valence-corrected chi connectivity index (χ3v) is 5.57. The number of imide groups is 1. The van der Waals surface area contributed by atoms with Crippen LogP contribution >= 0.6 is 0 Å². The van der Waals surface area contributed by atoms with E-state index in [0.29, 0.717) is 28.9 Å². The molecule has 2 aliphatic heterocycles. The molecule has 0 spiro atoms. The second kappa shape index (κ2) is 7.11. The molecule has 3 amide bonds. The second-order valence-corrected chi connectivity index (χ2v) is 7.66. The van der Waals surface area contributed by atoms with E-state index in [2.05, 4.69) is 20.7 Å². The zero-order chi connectivity index (χ0) is 22.6. The number of hydrogen-bond donors (Lipinski definition) is 2. The minimum absolute atomic E-state index is 0.126. The number of benzene rings is 1. The van der Waals surface area contributed by atoms with Gasteiger partial charge in [0.15, 0.2) is 5.69 Å². The molecule has 0 aliphatic carbocycles. The Morgan fingerprint density at radius 1 is 1.19 bits per heavy atom. The van der Waals surface area contributed by atoms with E-state index in [1.54, 1.807) is 37.6 Å². The van der Waals surface area contributed by atoms with Gasteiger partial charge >= 0.3 is 5.97 Å². The number of carboxylic acid groups (broad SMARTS) is 1. The number of aromatic carboxylic acids is 1. The number of fused-ring (bicyclic) bond motifs is 1. The van der Waals surface area contributed by atoms with Crippen molar-refractivity contribution in [1.82, 2.24) is 35.0 Å². The Labute approximate surface area is 180 Å². The van der Waals surface area contributed by atoms with Crippen LogP contribution in [0.5, 0.6) is 0 Å². The Bertz CT molecular complexity index is 1310. The summed E-state index contributed by atoms with van der Waals surface area (Å²) in [5.41, 5.74) is 2.39. The minimum atomic E-state index is -1.17. The summed E-state index contributed by atoms with van der Waals surface area (Å²) < 4.78 is 2.87. The maximum absolute atomic E-state index is 12.8. The summed E-state index contributed by atoms with van der Waals surface area (Å²) in [6.07, 6.45) is 3.62. The molecule has 2 N–H and O–H groups in total. The number of hydrogen-bond acceptors (Lipinski definition) is 7. The minimum Gasteiger partial charge on any atom is -0.476 e. The van der Waals surface area contributed by atoms with Crippen LogP contribution in [0.2, 0.25) is 0 Å². The number of nitrogens with zero attached hydrogens (tertiary/aromatic N) is 6. The van der Waals surface area contributed by atoms with Gasteiger partial charge in [0, 0.05) is 31.8 Å². The molecule has 32 heavy (non-hydrogen) atoms. The number of aryl methyl sites for hydroxylation is 1. The van der Waals surface area contributed by atoms with Crippen molar-refractivity contribution in [2.24, 2.45) is 7.05 Å². The molecule has 1 unspecified atom stereocenters. The highest BCUT2D eigenvalue weighted by Crippen LogP contribution is 2.29. The normalized spacial score (nSPS) is 18.1. The molecule has 0 radical (unpaired) electrons. The van der Waals surface area contributed by atoms with E-state index in [1.807, 2.05) is 0 Å². The number of nitrogens with one attached hydrogen (secondary N) is 1. The molecular formula is C20H17N7O5. The molecule has 12 nitrogen and oxygen atoms in total. The smallest absolute Gasteiger partial charge is 0.357 e. The molecule has 1 saturated heterocycles. The number of rotatable bonds is 4. The van der Waals surface area contributed by atoms with Crippen LogP contribution in [0.25, 0.3) is 16.9 Å². The van der Waals surface area contributed by atoms with Crippen LogP contribution in [0, 0.1) is 0 Å². The molecule has 162 valence electrons. The van der Waals surface area contributed by atoms with Gasteiger partial charge in [-0.25, -0.2) is 9.48 Å². The average Bonchev–Trinajstić information content (AvgIpc) is 3.45. The second-order valence-electron chi connectivity index (χ2n) is 7.66. The first-order chi connectivity index (χ1) is 15.3. The SMILES string of the molecule is Cn1cc(-c2cn(-c3ccc4c(c3)CN(C3CCC(=O)NC3=O)C4=O)nn2)c(C(=O)O)n1. The van der Waals surface area contributed by atoms with Crippen LogP contribution in [0.1, 0.15) is 39.3 Å². The monoisotopic (exact) mass is 435 g/mol. The van der Waals surface area contributed by atoms with Crippen molar-refractivity contribution in [3.05, 3.63) is 47.4 Å². The Morgan fingerprint density at radius 3 is 2.75 bits per heavy atom. The largest absolute Gasteiger partial charge is 0.476 e. The summed E-state index contributed by atoms with van der Waals surface area (Å²) in [6, 6.07) is 4.45. The van der Waals surface area contributed by atoms with Crippen LogP contribution in [-0.4, -0.2) is 64.5 Å². The number of carbonyl (C=O) groups excluding carboxylic acids is 3. The van der Waals surface area contributed by atoms with Gasteiger partial charge in [0.1, 0.15) is 11.7 Å². The summed E-state index contributed by atoms with van der Waals surface area (Å²) in [6.45, 7) is 0.238. The van der Waals surface area contributed by atoms with Gasteiger partial charge in [0.05, 0.1) is 17.4 Å². The third kappa shape index (κ3) is 3.12. The van der Waals surface area contributed by atoms with Gasteiger partial charge in [-0.15, -0.1) is 5.10 Å². The predicted octanol–water partition coefficient (Wildman–Crippen LogP) is 0.127. The summed E-state index contributed by atoms with van der Waals surface area (Å²) >= 11 is 0. The highest BCUT2D eigenvalue weighted by atomic mass is 16.4. The van der Waals surface area contributed by atoms with Gasteiger partial charge < -0.3 is 10.0 Å². The molecule has 3 aromatic rings. The topological polar surface area (TPSA) is 152 Å². The van der Waals surface area contributed by atoms with Crippen molar-refractivity contribution in [1.29, 1.82) is 0 Å². The van der Waals surface area contributed by atoms with Crippen LogP contribution in [0.15, 0.2) is 30.6 Å². The molecule has 5 rings (SSSR count). The fourth-order valence-electron chi connectivity index (χ4n) is 4.05. The Hall–Kier alpha value is -4.35. The molecule has 1 fully saturated rings. The van der Waals surface area contributed by atoms with E-state index in [0.717, 1.165) is 5.56 Å². The molecule has 2 aliphatic rings. The molecule has 0 saturated carbocycles. The van der Waals surface area contributed by atoms with Crippen molar-refractivity contribution in [3.8, 4) is 16.9 Å². The first kappa shape index (κ1) is 19.6. The summed E-state index contributed by atoms with van der Waals surface area (Å²) in [7, 11) is 1.62. The Morgan fingerprint density at radius 2 is 2.00 bits per heavy atom. The van der Waals surface area contributed by atoms with Crippen molar-refractivity contribution < 1.29 is 24.3 Å². The van der Waals surface area contributed by atoms with E-state index in [-0.39, 0.29) is 30.5 Å². The van der Waals surface area contributed by atoms with E-state index in [1.165, 1.54) is 14.3 Å². The zero-order valence-electron chi connectivity index (χ0n) is 16.8. The summed E-state index contributed by atoms with van der Waals surface area (Å²) in [5, 5.41) is 23.7. The standard InChI is InChI=1S/C20H17N7O5/c1-25-8-13(17(23-25)20(31)32)14-9-27(24-22-14)11-2-3-12-10(6-11)7-26(19(12)30)15-4-5-16(28)21-18(15)29/h2-3,6,8-9,15H,4-5,7H2,1H3,(H,31,32)(H,21,28,29). The first-order valence-corrected chi connectivity index (χ1v) is 9.79. The third-order valence-electron chi connectivity index (χ3n) is 5.57. The Kier molecular flexibility index (Phi) is 4.36. The fraction of sp³-hybridized carbons (Fsp3) is 0.250. The highest BCUT2D eigenvalue weighted by Gasteiger charge is 2.39. The number of carboxylic acids is 1. The van der Waals surface area contributed by atoms with E-state index >= 15 is 0 Å². The van der Waals surface area contributed by atoms with Crippen molar-refractivity contribution >= 4 is 23.7 Å². The molecule has 12 heteroatoms. The lowest BCUT2D eigenvalue weighted by atomic mass is 10.0. The van der Waals surface area contributed by atoms with Crippen LogP contribution in [-0.2, 0) is 23.2 Å². The van der Waals surface area contributed by atoms with E-state index < -0.39 is 17.9 Å². The molecule has 1 atom stereocenters. The zero-order valence-corrected chi connectivity index (χ0v) is 16.8. The molecule has 1 aromatic carbocycles. The van der Waals surface area contributed by atoms with Gasteiger partial charge in [0.25, 0.3) is 5.91 Å². The molecule has 0 bridgehead atoms.